The molecule has 8 nitrogen and oxygen atoms in total. The summed E-state index contributed by atoms with van der Waals surface area (Å²) in [6, 6.07) is 9.97. The van der Waals surface area contributed by atoms with Crippen LogP contribution in [0.15, 0.2) is 41.3 Å². The third-order valence-corrected chi connectivity index (χ3v) is 5.11. The minimum Gasteiger partial charge on any atom is -0.490 e. The Morgan fingerprint density at radius 3 is 2.41 bits per heavy atom. The molecule has 158 valence electrons. The topological polar surface area (TPSA) is 134 Å². The van der Waals surface area contributed by atoms with Crippen LogP contribution in [0.4, 0.5) is 0 Å². The largest absolute Gasteiger partial charge is 0.490 e. The second-order valence-corrected chi connectivity index (χ2v) is 8.18. The Kier molecular flexibility index (Phi) is 8.27. The van der Waals surface area contributed by atoms with Crippen molar-refractivity contribution in [2.24, 2.45) is 10.9 Å². The molecule has 2 aromatic rings. The average Bonchev–Trinajstić information content (AvgIpc) is 2.64. The second-order valence-electron chi connectivity index (χ2n) is 6.21. The van der Waals surface area contributed by atoms with E-state index in [1.54, 1.807) is 24.3 Å². The van der Waals surface area contributed by atoms with Crippen LogP contribution in [0.2, 0.25) is 5.02 Å². The Hall–Kier alpha value is -2.33. The summed E-state index contributed by atoms with van der Waals surface area (Å²) < 4.78 is 33.5. The smallest absolute Gasteiger partial charge is 0.255 e. The number of hydrogen-bond donors (Lipinski definition) is 3. The number of carbonyl (C=O) groups excluding carboxylic acids is 1. The molecule has 0 spiro atoms. The van der Waals surface area contributed by atoms with Crippen molar-refractivity contribution in [2.75, 3.05) is 19.8 Å². The molecular formula is C19H24ClN3O5S. The molecule has 0 bridgehead atoms. The molecule has 29 heavy (non-hydrogen) atoms. The van der Waals surface area contributed by atoms with E-state index in [1.807, 2.05) is 6.92 Å². The normalized spacial score (nSPS) is 11.3. The van der Waals surface area contributed by atoms with Crippen molar-refractivity contribution < 1.29 is 22.7 Å². The lowest BCUT2D eigenvalue weighted by atomic mass is 10.1. The van der Waals surface area contributed by atoms with Gasteiger partial charge in [0.25, 0.3) is 5.91 Å². The third kappa shape index (κ3) is 7.21. The molecule has 0 fully saturated rings. The van der Waals surface area contributed by atoms with E-state index in [1.165, 1.54) is 12.1 Å². The number of nitrogens with two attached hydrogens (primary N) is 2. The van der Waals surface area contributed by atoms with Gasteiger partial charge >= 0.3 is 0 Å². The minimum atomic E-state index is -3.68. The molecule has 0 heterocycles. The molecule has 0 aromatic heterocycles. The standard InChI is InChI=1S/C19H24ClN3O5S/c1-2-27-17-10-14(9-16(20)19(17)28-12-18(21)24)11-23-8-7-13-3-5-15(6-4-13)29(22,25)26/h3-6,9-10,23H,2,7-8,11-12H2,1H3,(H2,21,24)(H2,22,25,26). The van der Waals surface area contributed by atoms with Gasteiger partial charge in [0.2, 0.25) is 10.0 Å². The lowest BCUT2D eigenvalue weighted by Gasteiger charge is -2.15. The molecule has 0 radical (unpaired) electrons. The number of halogens is 1. The lowest BCUT2D eigenvalue weighted by Crippen LogP contribution is -2.20. The van der Waals surface area contributed by atoms with E-state index in [2.05, 4.69) is 5.32 Å². The van der Waals surface area contributed by atoms with Gasteiger partial charge in [0.1, 0.15) is 0 Å². The van der Waals surface area contributed by atoms with Crippen LogP contribution < -0.4 is 25.7 Å². The average molecular weight is 442 g/mol. The van der Waals surface area contributed by atoms with Crippen molar-refractivity contribution in [1.29, 1.82) is 0 Å². The number of rotatable bonds is 11. The highest BCUT2D eigenvalue weighted by Crippen LogP contribution is 2.36. The molecule has 10 heteroatoms. The Morgan fingerprint density at radius 1 is 1.14 bits per heavy atom. The van der Waals surface area contributed by atoms with Crippen LogP contribution in [-0.2, 0) is 27.8 Å². The fourth-order valence-electron chi connectivity index (χ4n) is 2.58. The van der Waals surface area contributed by atoms with Gasteiger partial charge in [-0.2, -0.15) is 0 Å². The summed E-state index contributed by atoms with van der Waals surface area (Å²) in [6.45, 7) is 3.15. The highest BCUT2D eigenvalue weighted by Gasteiger charge is 2.13. The van der Waals surface area contributed by atoms with Gasteiger partial charge in [-0.3, -0.25) is 4.79 Å². The Balaban J connectivity index is 1.95. The summed E-state index contributed by atoms with van der Waals surface area (Å²) in [5.41, 5.74) is 6.97. The quantitative estimate of drug-likeness (QED) is 0.453. The molecule has 5 N–H and O–H groups in total. The summed E-state index contributed by atoms with van der Waals surface area (Å²) in [5.74, 6) is 0.119. The number of nitrogens with one attached hydrogen (secondary N) is 1. The zero-order chi connectivity index (χ0) is 21.4. The summed E-state index contributed by atoms with van der Waals surface area (Å²) >= 11 is 6.27. The van der Waals surface area contributed by atoms with Crippen molar-refractivity contribution in [3.05, 3.63) is 52.5 Å². The predicted octanol–water partition coefficient (Wildman–Crippen LogP) is 1.58. The summed E-state index contributed by atoms with van der Waals surface area (Å²) in [7, 11) is -3.68. The molecule has 0 aliphatic carbocycles. The van der Waals surface area contributed by atoms with Crippen LogP contribution in [0, 0.1) is 0 Å². The fourth-order valence-corrected chi connectivity index (χ4v) is 3.38. The van der Waals surface area contributed by atoms with E-state index >= 15 is 0 Å². The fraction of sp³-hybridized carbons (Fsp3) is 0.316. The highest BCUT2D eigenvalue weighted by molar-refractivity contribution is 7.89. The third-order valence-electron chi connectivity index (χ3n) is 3.90. The van der Waals surface area contributed by atoms with Gasteiger partial charge in [-0.1, -0.05) is 23.7 Å². The van der Waals surface area contributed by atoms with Crippen LogP contribution in [-0.4, -0.2) is 34.1 Å². The molecule has 2 aromatic carbocycles. The second kappa shape index (κ2) is 10.4. The van der Waals surface area contributed by atoms with Gasteiger partial charge in [-0.05, 0) is 55.3 Å². The van der Waals surface area contributed by atoms with Crippen molar-refractivity contribution in [2.45, 2.75) is 24.8 Å². The Bertz CT molecular complexity index is 949. The van der Waals surface area contributed by atoms with E-state index in [0.29, 0.717) is 36.9 Å². The van der Waals surface area contributed by atoms with Gasteiger partial charge in [-0.15, -0.1) is 0 Å². The van der Waals surface area contributed by atoms with Crippen LogP contribution in [0.3, 0.4) is 0 Å². The Labute approximate surface area is 175 Å². The molecule has 0 atom stereocenters. The lowest BCUT2D eigenvalue weighted by molar-refractivity contribution is -0.119. The first-order valence-corrected chi connectivity index (χ1v) is 10.8. The van der Waals surface area contributed by atoms with Crippen LogP contribution in [0.1, 0.15) is 18.1 Å². The van der Waals surface area contributed by atoms with Gasteiger partial charge in [0.05, 0.1) is 16.5 Å². The number of amides is 1. The first-order chi connectivity index (χ1) is 13.7. The predicted molar refractivity (Wildman–Crippen MR) is 111 cm³/mol. The van der Waals surface area contributed by atoms with Crippen molar-refractivity contribution in [3.8, 4) is 11.5 Å². The number of primary sulfonamides is 1. The monoisotopic (exact) mass is 441 g/mol. The number of hydrogen-bond acceptors (Lipinski definition) is 6. The summed E-state index contributed by atoms with van der Waals surface area (Å²) in [5, 5.41) is 8.71. The molecule has 1 amide bonds. The first-order valence-electron chi connectivity index (χ1n) is 8.89. The molecule has 0 saturated heterocycles. The maximum atomic E-state index is 11.3. The van der Waals surface area contributed by atoms with Crippen LogP contribution in [0.25, 0.3) is 0 Å². The maximum absolute atomic E-state index is 11.3. The number of sulfonamides is 1. The van der Waals surface area contributed by atoms with E-state index < -0.39 is 15.9 Å². The Morgan fingerprint density at radius 2 is 1.83 bits per heavy atom. The molecule has 0 saturated carbocycles. The van der Waals surface area contributed by atoms with Gasteiger partial charge in [0.15, 0.2) is 18.1 Å². The summed E-state index contributed by atoms with van der Waals surface area (Å²) in [6.07, 6.45) is 0.705. The number of primary amides is 1. The molecule has 0 unspecified atom stereocenters. The van der Waals surface area contributed by atoms with E-state index in [9.17, 15) is 13.2 Å². The maximum Gasteiger partial charge on any atom is 0.255 e. The van der Waals surface area contributed by atoms with Gasteiger partial charge < -0.3 is 20.5 Å². The van der Waals surface area contributed by atoms with E-state index in [0.717, 1.165) is 11.1 Å². The zero-order valence-electron chi connectivity index (χ0n) is 16.0. The SMILES string of the molecule is CCOc1cc(CNCCc2ccc(S(N)(=O)=O)cc2)cc(Cl)c1OCC(N)=O. The molecule has 2 rings (SSSR count). The van der Waals surface area contributed by atoms with Crippen molar-refractivity contribution in [3.63, 3.8) is 0 Å². The first kappa shape index (κ1) is 23.0. The van der Waals surface area contributed by atoms with Crippen molar-refractivity contribution in [1.82, 2.24) is 5.32 Å². The van der Waals surface area contributed by atoms with E-state index in [-0.39, 0.29) is 17.3 Å². The van der Waals surface area contributed by atoms with Crippen molar-refractivity contribution >= 4 is 27.5 Å². The van der Waals surface area contributed by atoms with E-state index in [4.69, 9.17) is 31.9 Å². The molecule has 0 aliphatic rings. The zero-order valence-corrected chi connectivity index (χ0v) is 17.6. The van der Waals surface area contributed by atoms with Crippen LogP contribution >= 0.6 is 11.6 Å². The van der Waals surface area contributed by atoms with Gasteiger partial charge in [-0.25, -0.2) is 13.6 Å². The summed E-state index contributed by atoms with van der Waals surface area (Å²) in [4.78, 5) is 11.0. The molecule has 0 aliphatic heterocycles. The number of ether oxygens (including phenoxy) is 2. The minimum absolute atomic E-state index is 0.0888. The number of benzene rings is 2. The van der Waals surface area contributed by atoms with Gasteiger partial charge in [0, 0.05) is 6.54 Å². The number of carbonyl (C=O) groups is 1. The highest BCUT2D eigenvalue weighted by atomic mass is 35.5. The molecular weight excluding hydrogens is 418 g/mol. The van der Waals surface area contributed by atoms with Crippen LogP contribution in [0.5, 0.6) is 11.5 Å².